The number of aliphatic hydroxyl groups excluding tert-OH is 3. The van der Waals surface area contributed by atoms with Gasteiger partial charge >= 0.3 is 0 Å². The second-order valence-corrected chi connectivity index (χ2v) is 8.12. The van der Waals surface area contributed by atoms with Crippen molar-refractivity contribution < 1.29 is 25.0 Å². The molecule has 2 aromatic heterocycles. The molecular weight excluding hydrogens is 434 g/mol. The first kappa shape index (κ1) is 21.5. The third kappa shape index (κ3) is 3.84. The summed E-state index contributed by atoms with van der Waals surface area (Å²) in [6.45, 7) is 1.04. The van der Waals surface area contributed by atoms with Crippen molar-refractivity contribution in [3.8, 4) is 0 Å². The molecule has 33 heavy (non-hydrogen) atoms. The number of nitro benzene ring substituents is 1. The monoisotopic (exact) mass is 457 g/mol. The molecule has 5 rings (SSSR count). The molecule has 13 heteroatoms. The SMILES string of the molecule is O=[N+]([O-])c1ccc(N2CC[C@H](Nc3ncnc4c3ncn4C3O[C@H](CO)[C@H](O)[C@@H]3O)C2)cc1. The van der Waals surface area contributed by atoms with E-state index in [0.29, 0.717) is 23.5 Å². The van der Waals surface area contributed by atoms with Gasteiger partial charge in [-0.2, -0.15) is 0 Å². The van der Waals surface area contributed by atoms with Gasteiger partial charge in [0.25, 0.3) is 5.69 Å². The van der Waals surface area contributed by atoms with Gasteiger partial charge in [-0.15, -0.1) is 0 Å². The van der Waals surface area contributed by atoms with E-state index in [9.17, 15) is 25.4 Å². The summed E-state index contributed by atoms with van der Waals surface area (Å²) >= 11 is 0. The van der Waals surface area contributed by atoms with Crippen LogP contribution in [0, 0.1) is 10.1 Å². The molecule has 5 atom stereocenters. The number of benzene rings is 1. The van der Waals surface area contributed by atoms with Gasteiger partial charge in [0.05, 0.1) is 17.9 Å². The summed E-state index contributed by atoms with van der Waals surface area (Å²) in [6.07, 6.45) is -0.620. The number of fused-ring (bicyclic) bond motifs is 1. The molecule has 0 bridgehead atoms. The standard InChI is InChI=1S/C20H23N7O6/c28-8-14-16(29)17(30)20(33-14)26-10-23-15-18(21-9-22-19(15)26)24-11-5-6-25(7-11)12-1-3-13(4-2-12)27(31)32/h1-4,9-11,14,16-17,20,28-30H,5-8H2,(H,21,22,24)/t11-,14+,16-,17-,20?/m0/s1. The fourth-order valence-electron chi connectivity index (χ4n) is 4.34. The molecule has 0 aliphatic carbocycles. The number of hydrogen-bond donors (Lipinski definition) is 4. The number of ether oxygens (including phenoxy) is 1. The van der Waals surface area contributed by atoms with Crippen LogP contribution in [0.4, 0.5) is 17.2 Å². The number of aliphatic hydroxyl groups is 3. The number of nitrogens with zero attached hydrogens (tertiary/aromatic N) is 6. The molecule has 2 saturated heterocycles. The van der Waals surface area contributed by atoms with Crippen LogP contribution in [0.15, 0.2) is 36.9 Å². The molecule has 2 aliphatic heterocycles. The lowest BCUT2D eigenvalue weighted by molar-refractivity contribution is -0.384. The molecule has 1 aromatic carbocycles. The van der Waals surface area contributed by atoms with E-state index in [4.69, 9.17) is 4.74 Å². The number of nitro groups is 1. The van der Waals surface area contributed by atoms with E-state index in [-0.39, 0.29) is 11.7 Å². The van der Waals surface area contributed by atoms with Crippen molar-refractivity contribution in [2.75, 3.05) is 29.9 Å². The van der Waals surface area contributed by atoms with Crippen molar-refractivity contribution in [1.82, 2.24) is 19.5 Å². The van der Waals surface area contributed by atoms with Crippen molar-refractivity contribution in [2.24, 2.45) is 0 Å². The highest BCUT2D eigenvalue weighted by molar-refractivity contribution is 5.83. The summed E-state index contributed by atoms with van der Waals surface area (Å²) < 4.78 is 7.11. The molecule has 0 radical (unpaired) electrons. The van der Waals surface area contributed by atoms with Crippen molar-refractivity contribution in [1.29, 1.82) is 0 Å². The summed E-state index contributed by atoms with van der Waals surface area (Å²) in [4.78, 5) is 25.5. The van der Waals surface area contributed by atoms with Crippen LogP contribution in [0.1, 0.15) is 12.6 Å². The Labute approximate surface area is 187 Å². The van der Waals surface area contributed by atoms with Crippen LogP contribution >= 0.6 is 0 Å². The van der Waals surface area contributed by atoms with Gasteiger partial charge in [0.15, 0.2) is 23.2 Å². The first-order chi connectivity index (χ1) is 16.0. The van der Waals surface area contributed by atoms with Gasteiger partial charge in [0.1, 0.15) is 24.6 Å². The predicted molar refractivity (Wildman–Crippen MR) is 116 cm³/mol. The van der Waals surface area contributed by atoms with Gasteiger partial charge in [-0.3, -0.25) is 14.7 Å². The Bertz CT molecular complexity index is 1160. The van der Waals surface area contributed by atoms with E-state index < -0.39 is 36.1 Å². The molecule has 174 valence electrons. The van der Waals surface area contributed by atoms with Crippen LogP contribution in [-0.2, 0) is 4.74 Å². The minimum absolute atomic E-state index is 0.0563. The van der Waals surface area contributed by atoms with Crippen molar-refractivity contribution in [2.45, 2.75) is 37.0 Å². The van der Waals surface area contributed by atoms with Gasteiger partial charge in [0, 0.05) is 37.0 Å². The minimum Gasteiger partial charge on any atom is -0.394 e. The topological polar surface area (TPSA) is 172 Å². The first-order valence-electron chi connectivity index (χ1n) is 10.5. The normalized spacial score (nSPS) is 27.4. The summed E-state index contributed by atoms with van der Waals surface area (Å²) in [5.41, 5.74) is 1.88. The Kier molecular flexibility index (Phi) is 5.54. The Morgan fingerprint density at radius 2 is 1.97 bits per heavy atom. The quantitative estimate of drug-likeness (QED) is 0.291. The van der Waals surface area contributed by atoms with E-state index >= 15 is 0 Å². The highest BCUT2D eigenvalue weighted by Crippen LogP contribution is 2.32. The summed E-state index contributed by atoms with van der Waals surface area (Å²) in [5.74, 6) is 0.529. The number of hydrogen-bond acceptors (Lipinski definition) is 11. The van der Waals surface area contributed by atoms with Gasteiger partial charge < -0.3 is 30.3 Å². The second-order valence-electron chi connectivity index (χ2n) is 8.12. The van der Waals surface area contributed by atoms with Crippen LogP contribution in [0.3, 0.4) is 0 Å². The zero-order valence-corrected chi connectivity index (χ0v) is 17.4. The molecule has 0 spiro atoms. The molecule has 4 heterocycles. The summed E-state index contributed by atoms with van der Waals surface area (Å²) in [7, 11) is 0. The maximum absolute atomic E-state index is 10.9. The fraction of sp³-hybridized carbons (Fsp3) is 0.450. The van der Waals surface area contributed by atoms with E-state index in [2.05, 4.69) is 25.2 Å². The van der Waals surface area contributed by atoms with Crippen molar-refractivity contribution >= 4 is 28.4 Å². The molecule has 2 aliphatic rings. The highest BCUT2D eigenvalue weighted by Gasteiger charge is 2.44. The maximum atomic E-state index is 10.9. The average Bonchev–Trinajstić information content (AvgIpc) is 3.53. The number of imidazole rings is 1. The van der Waals surface area contributed by atoms with Gasteiger partial charge in [0.2, 0.25) is 0 Å². The number of non-ortho nitro benzene ring substituents is 1. The van der Waals surface area contributed by atoms with Crippen molar-refractivity contribution in [3.05, 3.63) is 47.0 Å². The molecule has 4 N–H and O–H groups in total. The van der Waals surface area contributed by atoms with E-state index in [0.717, 1.165) is 18.7 Å². The Morgan fingerprint density at radius 1 is 1.18 bits per heavy atom. The van der Waals surface area contributed by atoms with Crippen LogP contribution in [-0.4, -0.2) is 83.8 Å². The predicted octanol–water partition coefficient (Wildman–Crippen LogP) is 0.0368. The molecule has 3 aromatic rings. The molecule has 1 unspecified atom stereocenters. The summed E-state index contributed by atoms with van der Waals surface area (Å²) in [6, 6.07) is 6.54. The van der Waals surface area contributed by atoms with Crippen molar-refractivity contribution in [3.63, 3.8) is 0 Å². The largest absolute Gasteiger partial charge is 0.394 e. The van der Waals surface area contributed by atoms with Crippen LogP contribution in [0.2, 0.25) is 0 Å². The van der Waals surface area contributed by atoms with Crippen LogP contribution in [0.25, 0.3) is 11.2 Å². The summed E-state index contributed by atoms with van der Waals surface area (Å²) in [5, 5.41) is 44.0. The molecule has 0 saturated carbocycles. The zero-order valence-electron chi connectivity index (χ0n) is 17.4. The third-order valence-corrected chi connectivity index (χ3v) is 6.10. The second kappa shape index (κ2) is 8.51. The minimum atomic E-state index is -1.24. The zero-order chi connectivity index (χ0) is 23.1. The molecular formula is C20H23N7O6. The fourth-order valence-corrected chi connectivity index (χ4v) is 4.34. The smallest absolute Gasteiger partial charge is 0.269 e. The number of aromatic nitrogens is 4. The maximum Gasteiger partial charge on any atom is 0.269 e. The van der Waals surface area contributed by atoms with E-state index in [1.165, 1.54) is 29.4 Å². The molecule has 2 fully saturated rings. The lowest BCUT2D eigenvalue weighted by atomic mass is 10.1. The Balaban J connectivity index is 1.32. The lowest BCUT2D eigenvalue weighted by Gasteiger charge is -2.19. The lowest BCUT2D eigenvalue weighted by Crippen LogP contribution is -2.33. The third-order valence-electron chi connectivity index (χ3n) is 6.10. The Hall–Kier alpha value is -3.39. The van der Waals surface area contributed by atoms with E-state index in [1.807, 2.05) is 0 Å². The van der Waals surface area contributed by atoms with E-state index in [1.54, 1.807) is 12.1 Å². The molecule has 13 nitrogen and oxygen atoms in total. The number of nitrogens with one attached hydrogen (secondary N) is 1. The van der Waals surface area contributed by atoms with Gasteiger partial charge in [-0.25, -0.2) is 15.0 Å². The average molecular weight is 457 g/mol. The van der Waals surface area contributed by atoms with Gasteiger partial charge in [-0.05, 0) is 18.6 Å². The highest BCUT2D eigenvalue weighted by atomic mass is 16.6. The Morgan fingerprint density at radius 3 is 2.67 bits per heavy atom. The van der Waals surface area contributed by atoms with Gasteiger partial charge in [-0.1, -0.05) is 0 Å². The molecule has 0 amide bonds. The van der Waals surface area contributed by atoms with Crippen LogP contribution < -0.4 is 10.2 Å². The number of rotatable bonds is 6. The van der Waals surface area contributed by atoms with Crippen LogP contribution in [0.5, 0.6) is 0 Å². The number of anilines is 2. The first-order valence-corrected chi connectivity index (χ1v) is 10.5.